The van der Waals surface area contributed by atoms with E-state index in [9.17, 15) is 13.2 Å². The number of nitrogens with one attached hydrogen (secondary N) is 3. The minimum absolute atomic E-state index is 0.159. The monoisotopic (exact) mass is 443 g/mol. The number of aryl methyl sites for hydroxylation is 1. The van der Waals surface area contributed by atoms with E-state index in [2.05, 4.69) is 25.2 Å². The molecule has 0 saturated carbocycles. The Bertz CT molecular complexity index is 1240. The molecular formula is C20H21N5O3S2. The summed E-state index contributed by atoms with van der Waals surface area (Å²) in [5.41, 5.74) is 1.28. The molecule has 1 amide bonds. The topological polar surface area (TPSA) is 116 Å². The number of thiophene rings is 1. The number of amidine groups is 1. The molecule has 1 aromatic carbocycles. The van der Waals surface area contributed by atoms with Crippen LogP contribution in [0.15, 0.2) is 52.4 Å². The van der Waals surface area contributed by atoms with Gasteiger partial charge in [-0.1, -0.05) is 26.0 Å². The molecule has 3 heterocycles. The summed E-state index contributed by atoms with van der Waals surface area (Å²) < 4.78 is 27.1. The number of H-pyrrole nitrogens is 1. The fraction of sp³-hybridized carbons (Fsp3) is 0.250. The van der Waals surface area contributed by atoms with Gasteiger partial charge in [-0.15, -0.1) is 11.3 Å². The summed E-state index contributed by atoms with van der Waals surface area (Å²) in [5.74, 6) is 0.0464. The Kier molecular flexibility index (Phi) is 5.20. The van der Waals surface area contributed by atoms with E-state index in [0.717, 1.165) is 10.6 Å². The summed E-state index contributed by atoms with van der Waals surface area (Å²) in [6.45, 7) is 5.73. The summed E-state index contributed by atoms with van der Waals surface area (Å²) in [5, 5.41) is 9.87. The van der Waals surface area contributed by atoms with Gasteiger partial charge in [0.1, 0.15) is 11.9 Å². The van der Waals surface area contributed by atoms with Crippen molar-refractivity contribution in [1.82, 2.24) is 14.9 Å². The van der Waals surface area contributed by atoms with Gasteiger partial charge < -0.3 is 5.32 Å². The highest BCUT2D eigenvalue weighted by atomic mass is 32.2. The van der Waals surface area contributed by atoms with Gasteiger partial charge in [-0.2, -0.15) is 5.10 Å². The van der Waals surface area contributed by atoms with Gasteiger partial charge in [-0.25, -0.2) is 8.42 Å². The van der Waals surface area contributed by atoms with E-state index < -0.39 is 16.1 Å². The van der Waals surface area contributed by atoms with Crippen molar-refractivity contribution in [1.29, 1.82) is 0 Å². The largest absolute Gasteiger partial charge is 0.307 e. The Balaban J connectivity index is 1.58. The van der Waals surface area contributed by atoms with Crippen molar-refractivity contribution in [2.45, 2.75) is 31.7 Å². The number of aromatic amines is 1. The molecule has 0 radical (unpaired) electrons. The number of nitrogens with zero attached hydrogens (tertiary/aromatic N) is 2. The molecule has 0 saturated heterocycles. The van der Waals surface area contributed by atoms with Crippen LogP contribution in [0.4, 0.5) is 5.82 Å². The fourth-order valence-electron chi connectivity index (χ4n) is 3.17. The molecule has 0 unspecified atom stereocenters. The number of fused-ring (bicyclic) bond motifs is 1. The van der Waals surface area contributed by atoms with Crippen LogP contribution >= 0.6 is 11.3 Å². The number of hydrogen-bond acceptors (Lipinski definition) is 6. The smallest absolute Gasteiger partial charge is 0.263 e. The molecule has 0 spiro atoms. The molecule has 4 rings (SSSR count). The molecule has 0 aliphatic carbocycles. The highest BCUT2D eigenvalue weighted by Gasteiger charge is 2.32. The van der Waals surface area contributed by atoms with Crippen LogP contribution in [0.3, 0.4) is 0 Å². The van der Waals surface area contributed by atoms with Crippen LogP contribution < -0.4 is 10.0 Å². The maximum absolute atomic E-state index is 12.9. The van der Waals surface area contributed by atoms with Gasteiger partial charge in [0.2, 0.25) is 0 Å². The van der Waals surface area contributed by atoms with Crippen LogP contribution in [-0.2, 0) is 14.8 Å². The predicted molar refractivity (Wildman–Crippen MR) is 117 cm³/mol. The Hall–Kier alpha value is -2.98. The Morgan fingerprint density at radius 1 is 1.20 bits per heavy atom. The number of hydrogen-bond donors (Lipinski definition) is 3. The third-order valence-electron chi connectivity index (χ3n) is 4.67. The number of anilines is 1. The molecule has 30 heavy (non-hydrogen) atoms. The summed E-state index contributed by atoms with van der Waals surface area (Å²) in [4.78, 5) is 19.7. The van der Waals surface area contributed by atoms with Crippen molar-refractivity contribution in [3.05, 3.63) is 52.9 Å². The van der Waals surface area contributed by atoms with Crippen LogP contribution in [0.1, 0.15) is 24.3 Å². The molecule has 8 nitrogen and oxygen atoms in total. The third-order valence-corrected chi connectivity index (χ3v) is 7.10. The number of amides is 1. The van der Waals surface area contributed by atoms with Crippen molar-refractivity contribution in [3.8, 4) is 10.6 Å². The van der Waals surface area contributed by atoms with Crippen molar-refractivity contribution in [2.24, 2.45) is 10.9 Å². The van der Waals surface area contributed by atoms with E-state index in [4.69, 9.17) is 0 Å². The SMILES string of the molecule is Cc1ccc(-c2cc(NC(=O)[C@@H](N=C3NS(=O)(=O)c4ccccc43)C(C)C)n[nH]2)s1. The first-order chi connectivity index (χ1) is 14.2. The van der Waals surface area contributed by atoms with Crippen molar-refractivity contribution in [3.63, 3.8) is 0 Å². The number of aromatic nitrogens is 2. The number of benzene rings is 1. The van der Waals surface area contributed by atoms with Gasteiger partial charge in [0, 0.05) is 16.5 Å². The Morgan fingerprint density at radius 3 is 2.67 bits per heavy atom. The second-order valence-electron chi connectivity index (χ2n) is 7.33. The van der Waals surface area contributed by atoms with Crippen LogP contribution in [-0.4, -0.2) is 36.4 Å². The van der Waals surface area contributed by atoms with Crippen LogP contribution in [0.2, 0.25) is 0 Å². The van der Waals surface area contributed by atoms with Gasteiger partial charge in [0.05, 0.1) is 15.5 Å². The molecule has 3 N–H and O–H groups in total. The van der Waals surface area contributed by atoms with Gasteiger partial charge in [0.15, 0.2) is 5.82 Å². The molecule has 2 aromatic heterocycles. The molecular weight excluding hydrogens is 422 g/mol. The summed E-state index contributed by atoms with van der Waals surface area (Å²) in [7, 11) is -3.66. The van der Waals surface area contributed by atoms with Gasteiger partial charge in [-0.3, -0.25) is 19.6 Å². The molecule has 156 valence electrons. The minimum Gasteiger partial charge on any atom is -0.307 e. The van der Waals surface area contributed by atoms with E-state index in [-0.39, 0.29) is 22.6 Å². The maximum atomic E-state index is 12.9. The lowest BCUT2D eigenvalue weighted by Gasteiger charge is -2.16. The van der Waals surface area contributed by atoms with E-state index in [1.54, 1.807) is 35.6 Å². The van der Waals surface area contributed by atoms with Crippen molar-refractivity contribution >= 4 is 38.9 Å². The third kappa shape index (κ3) is 3.88. The zero-order valence-corrected chi connectivity index (χ0v) is 18.3. The molecule has 1 atom stereocenters. The molecule has 3 aromatic rings. The second kappa shape index (κ2) is 7.69. The lowest BCUT2D eigenvalue weighted by Crippen LogP contribution is -2.34. The van der Waals surface area contributed by atoms with Gasteiger partial charge >= 0.3 is 0 Å². The van der Waals surface area contributed by atoms with Crippen LogP contribution in [0.25, 0.3) is 10.6 Å². The number of sulfonamides is 1. The van der Waals surface area contributed by atoms with Crippen LogP contribution in [0.5, 0.6) is 0 Å². The first-order valence-corrected chi connectivity index (χ1v) is 11.7. The van der Waals surface area contributed by atoms with E-state index in [0.29, 0.717) is 11.4 Å². The van der Waals surface area contributed by atoms with E-state index >= 15 is 0 Å². The average Bonchev–Trinajstić information content (AvgIpc) is 3.38. The molecule has 10 heteroatoms. The number of rotatable bonds is 5. The fourth-order valence-corrected chi connectivity index (χ4v) is 5.24. The zero-order chi connectivity index (χ0) is 21.5. The van der Waals surface area contributed by atoms with E-state index in [1.807, 2.05) is 32.9 Å². The van der Waals surface area contributed by atoms with Gasteiger partial charge in [0.25, 0.3) is 15.9 Å². The minimum atomic E-state index is -3.66. The van der Waals surface area contributed by atoms with E-state index in [1.165, 1.54) is 10.9 Å². The second-order valence-corrected chi connectivity index (χ2v) is 10.3. The first kappa shape index (κ1) is 20.3. The lowest BCUT2D eigenvalue weighted by atomic mass is 10.0. The molecule has 1 aliphatic rings. The van der Waals surface area contributed by atoms with Gasteiger partial charge in [-0.05, 0) is 37.1 Å². The summed E-state index contributed by atoms with van der Waals surface area (Å²) >= 11 is 1.63. The molecule has 0 fully saturated rings. The van der Waals surface area contributed by atoms with Crippen LogP contribution in [0, 0.1) is 12.8 Å². The zero-order valence-electron chi connectivity index (χ0n) is 16.6. The number of aliphatic imine (C=N–C) groups is 1. The maximum Gasteiger partial charge on any atom is 0.263 e. The quantitative estimate of drug-likeness (QED) is 0.562. The Labute approximate surface area is 178 Å². The number of carbonyl (C=O) groups is 1. The summed E-state index contributed by atoms with van der Waals surface area (Å²) in [6, 6.07) is 11.6. The average molecular weight is 444 g/mol. The molecule has 0 bridgehead atoms. The lowest BCUT2D eigenvalue weighted by molar-refractivity contribution is -0.118. The number of carbonyl (C=O) groups excluding carboxylic acids is 1. The highest BCUT2D eigenvalue weighted by molar-refractivity contribution is 7.90. The Morgan fingerprint density at radius 2 is 1.97 bits per heavy atom. The molecule has 1 aliphatic heterocycles. The normalized spacial score (nSPS) is 17.0. The predicted octanol–water partition coefficient (Wildman–Crippen LogP) is 3.15. The van der Waals surface area contributed by atoms with Crippen molar-refractivity contribution in [2.75, 3.05) is 5.32 Å². The first-order valence-electron chi connectivity index (χ1n) is 9.38. The summed E-state index contributed by atoms with van der Waals surface area (Å²) in [6.07, 6.45) is 0. The highest BCUT2D eigenvalue weighted by Crippen LogP contribution is 2.28. The van der Waals surface area contributed by atoms with Crippen molar-refractivity contribution < 1.29 is 13.2 Å². The standard InChI is InChI=1S/C20H21N5O3S2/c1-11(2)18(22-19-13-6-4-5-7-16(13)30(27,28)25-19)20(26)21-17-10-14(23-24-17)15-9-8-12(3)29-15/h4-11,18H,1-3H3,(H,22,25)(H2,21,23,24,26)/t18-/m0/s1.